The number of allylic oxidation sites excluding steroid dienone is 1. The lowest BCUT2D eigenvalue weighted by molar-refractivity contribution is -0.189. The highest BCUT2D eigenvalue weighted by molar-refractivity contribution is 5.90. The molecule has 1 aromatic rings. The van der Waals surface area contributed by atoms with Gasteiger partial charge in [0.25, 0.3) is 5.56 Å². The van der Waals surface area contributed by atoms with Crippen LogP contribution in [0.5, 0.6) is 0 Å². The van der Waals surface area contributed by atoms with Gasteiger partial charge >= 0.3 is 5.97 Å². The van der Waals surface area contributed by atoms with Crippen LogP contribution in [-0.2, 0) is 14.3 Å². The Bertz CT molecular complexity index is 1020. The molecule has 0 aliphatic heterocycles. The Hall–Kier alpha value is -2.28. The van der Waals surface area contributed by atoms with Crippen LogP contribution < -0.4 is 5.56 Å². The van der Waals surface area contributed by atoms with Crippen LogP contribution in [0.15, 0.2) is 30.0 Å². The number of H-pyrrole nitrogens is 1. The topological polar surface area (TPSA) is 98.3 Å². The van der Waals surface area contributed by atoms with E-state index in [1.54, 1.807) is 13.2 Å². The second kappa shape index (κ2) is 8.19. The molecule has 0 radical (unpaired) electrons. The Morgan fingerprint density at radius 1 is 1.24 bits per heavy atom. The summed E-state index contributed by atoms with van der Waals surface area (Å²) < 4.78 is 12.2. The maximum absolute atomic E-state index is 13.9. The SMILES string of the molecule is C=C[C@]1(C)C[C@@H](OC(=O)c2cnc[nH]c2=O)[C@@]2(C)C3[C@H](OC)CCC3(CC[C@H]2C)[C@@H](C)C1=O. The summed E-state index contributed by atoms with van der Waals surface area (Å²) in [4.78, 5) is 45.7. The molecule has 2 bridgehead atoms. The molecule has 1 heterocycles. The Morgan fingerprint density at radius 2 is 1.94 bits per heavy atom. The van der Waals surface area contributed by atoms with Gasteiger partial charge in [0.2, 0.25) is 0 Å². The van der Waals surface area contributed by atoms with Gasteiger partial charge in [0, 0.05) is 42.4 Å². The Labute approximate surface area is 195 Å². The van der Waals surface area contributed by atoms with E-state index in [9.17, 15) is 14.4 Å². The van der Waals surface area contributed by atoms with Crippen LogP contribution in [0, 0.1) is 34.0 Å². The molecular weight excluding hydrogens is 420 g/mol. The van der Waals surface area contributed by atoms with Gasteiger partial charge < -0.3 is 14.5 Å². The number of nitrogens with one attached hydrogen (secondary N) is 1. The molecule has 0 spiro atoms. The number of nitrogens with zero attached hydrogens (tertiary/aromatic N) is 1. The van der Waals surface area contributed by atoms with E-state index in [1.165, 1.54) is 12.5 Å². The maximum atomic E-state index is 13.9. The normalized spacial score (nSPS) is 42.7. The Morgan fingerprint density at radius 3 is 2.58 bits per heavy atom. The van der Waals surface area contributed by atoms with Crippen molar-refractivity contribution < 1.29 is 19.1 Å². The lowest BCUT2D eigenvalue weighted by atomic mass is 9.44. The van der Waals surface area contributed by atoms with Crippen molar-refractivity contribution in [2.75, 3.05) is 7.11 Å². The van der Waals surface area contributed by atoms with E-state index in [1.807, 2.05) is 6.92 Å². The smallest absolute Gasteiger partial charge is 0.345 e. The van der Waals surface area contributed by atoms with E-state index in [0.717, 1.165) is 25.7 Å². The zero-order valence-electron chi connectivity index (χ0n) is 20.3. The zero-order chi connectivity index (χ0) is 24.2. The third-order valence-corrected chi connectivity index (χ3v) is 9.72. The van der Waals surface area contributed by atoms with Crippen LogP contribution in [0.1, 0.15) is 70.2 Å². The molecule has 4 rings (SSSR count). The van der Waals surface area contributed by atoms with Crippen molar-refractivity contribution in [3.8, 4) is 0 Å². The highest BCUT2D eigenvalue weighted by Gasteiger charge is 2.68. The highest BCUT2D eigenvalue weighted by atomic mass is 16.5. The van der Waals surface area contributed by atoms with E-state index in [2.05, 4.69) is 37.3 Å². The number of methoxy groups -OCH3 is 1. The van der Waals surface area contributed by atoms with Crippen LogP contribution in [0.3, 0.4) is 0 Å². The van der Waals surface area contributed by atoms with Gasteiger partial charge in [0.05, 0.1) is 12.4 Å². The van der Waals surface area contributed by atoms with Crippen molar-refractivity contribution >= 4 is 11.8 Å². The number of aromatic nitrogens is 2. The van der Waals surface area contributed by atoms with Crippen molar-refractivity contribution in [3.05, 3.63) is 41.1 Å². The predicted octanol–water partition coefficient (Wildman–Crippen LogP) is 3.94. The summed E-state index contributed by atoms with van der Waals surface area (Å²) in [6.45, 7) is 12.4. The molecule has 2 unspecified atom stereocenters. The van der Waals surface area contributed by atoms with E-state index in [0.29, 0.717) is 6.42 Å². The van der Waals surface area contributed by atoms with Crippen LogP contribution in [-0.4, -0.2) is 41.0 Å². The number of hydrogen-bond donors (Lipinski definition) is 1. The Balaban J connectivity index is 1.88. The van der Waals surface area contributed by atoms with E-state index in [-0.39, 0.29) is 40.6 Å². The first-order valence-corrected chi connectivity index (χ1v) is 12.0. The summed E-state index contributed by atoms with van der Waals surface area (Å²) in [5.41, 5.74) is -2.15. The molecule has 7 heteroatoms. The minimum absolute atomic E-state index is 0.0101. The van der Waals surface area contributed by atoms with Crippen LogP contribution >= 0.6 is 0 Å². The van der Waals surface area contributed by atoms with Crippen molar-refractivity contribution in [1.82, 2.24) is 9.97 Å². The first-order valence-electron chi connectivity index (χ1n) is 12.0. The van der Waals surface area contributed by atoms with Gasteiger partial charge in [0.1, 0.15) is 17.5 Å². The summed E-state index contributed by atoms with van der Waals surface area (Å²) in [5, 5.41) is 0. The van der Waals surface area contributed by atoms with Crippen molar-refractivity contribution in [1.29, 1.82) is 0 Å². The van der Waals surface area contributed by atoms with Gasteiger partial charge in [-0.3, -0.25) is 9.59 Å². The maximum Gasteiger partial charge on any atom is 0.345 e. The van der Waals surface area contributed by atoms with Crippen LogP contribution in [0.4, 0.5) is 0 Å². The number of rotatable bonds is 4. The fraction of sp³-hybridized carbons (Fsp3) is 0.692. The largest absolute Gasteiger partial charge is 0.458 e. The lowest BCUT2D eigenvalue weighted by Gasteiger charge is -2.61. The van der Waals surface area contributed by atoms with Gasteiger partial charge in [-0.15, -0.1) is 6.58 Å². The average Bonchev–Trinajstić information content (AvgIpc) is 3.20. The second-order valence-corrected chi connectivity index (χ2v) is 10.9. The molecule has 180 valence electrons. The molecule has 3 aliphatic rings. The van der Waals surface area contributed by atoms with Gasteiger partial charge in [-0.2, -0.15) is 0 Å². The van der Waals surface area contributed by atoms with Gasteiger partial charge in [0.15, 0.2) is 0 Å². The minimum Gasteiger partial charge on any atom is -0.458 e. The number of Topliss-reactive ketones (excluding diaryl/α,β-unsaturated/α-hetero) is 1. The number of ketones is 1. The monoisotopic (exact) mass is 456 g/mol. The van der Waals surface area contributed by atoms with Crippen molar-refractivity contribution in [2.45, 2.75) is 72.0 Å². The number of hydrogen-bond acceptors (Lipinski definition) is 6. The molecule has 7 nitrogen and oxygen atoms in total. The third-order valence-electron chi connectivity index (χ3n) is 9.72. The summed E-state index contributed by atoms with van der Waals surface area (Å²) in [6, 6.07) is 0. The standard InChI is InChI=1S/C26H36N2O5/c1-7-24(4)12-19(33-23(31)17-13-27-14-28-22(17)30)25(5)15(2)8-10-26(16(3)21(24)29)11-9-18(32-6)20(25)26/h7,13-16,18-20H,1,8-12H2,2-6H3,(H,27,28,30)/t15-,16+,18-,19-,20?,24-,25+,26?/m1/s1. The summed E-state index contributed by atoms with van der Waals surface area (Å²) in [7, 11) is 1.74. The van der Waals surface area contributed by atoms with Gasteiger partial charge in [-0.1, -0.05) is 26.8 Å². The quantitative estimate of drug-likeness (QED) is 0.544. The number of carbonyl (C=O) groups excluding carboxylic acids is 2. The Kier molecular flexibility index (Phi) is 5.92. The number of esters is 1. The van der Waals surface area contributed by atoms with Gasteiger partial charge in [-0.25, -0.2) is 9.78 Å². The predicted molar refractivity (Wildman–Crippen MR) is 124 cm³/mol. The molecular formula is C26H36N2O5. The zero-order valence-corrected chi connectivity index (χ0v) is 20.3. The molecule has 1 aromatic heterocycles. The second-order valence-electron chi connectivity index (χ2n) is 10.9. The number of carbonyl (C=O) groups is 2. The third kappa shape index (κ3) is 3.34. The minimum atomic E-state index is -0.840. The summed E-state index contributed by atoms with van der Waals surface area (Å²) in [5.74, 6) is -0.396. The first kappa shape index (κ1) is 23.9. The summed E-state index contributed by atoms with van der Waals surface area (Å²) in [6.07, 6.45) is 7.63. The molecule has 0 saturated heterocycles. The first-order chi connectivity index (χ1) is 15.5. The number of ether oxygens (including phenoxy) is 2. The fourth-order valence-electron chi connectivity index (χ4n) is 7.48. The molecule has 8 atom stereocenters. The number of aromatic amines is 1. The molecule has 3 saturated carbocycles. The van der Waals surface area contributed by atoms with Crippen LogP contribution in [0.2, 0.25) is 0 Å². The molecule has 3 aliphatic carbocycles. The lowest BCUT2D eigenvalue weighted by Crippen LogP contribution is -2.63. The van der Waals surface area contributed by atoms with E-state index >= 15 is 0 Å². The van der Waals surface area contributed by atoms with E-state index in [4.69, 9.17) is 9.47 Å². The highest BCUT2D eigenvalue weighted by Crippen LogP contribution is 2.68. The van der Waals surface area contributed by atoms with Gasteiger partial charge in [-0.05, 0) is 43.9 Å². The molecule has 0 aromatic carbocycles. The van der Waals surface area contributed by atoms with E-state index < -0.39 is 28.5 Å². The van der Waals surface area contributed by atoms with Crippen molar-refractivity contribution in [2.24, 2.45) is 34.0 Å². The fourth-order valence-corrected chi connectivity index (χ4v) is 7.48. The van der Waals surface area contributed by atoms with Crippen molar-refractivity contribution in [3.63, 3.8) is 0 Å². The molecule has 0 amide bonds. The van der Waals surface area contributed by atoms with Crippen LogP contribution in [0.25, 0.3) is 0 Å². The summed E-state index contributed by atoms with van der Waals surface area (Å²) >= 11 is 0. The average molecular weight is 457 g/mol. The molecule has 33 heavy (non-hydrogen) atoms. The molecule has 3 fully saturated rings. The molecule has 1 N–H and O–H groups in total.